The predicted molar refractivity (Wildman–Crippen MR) is 113 cm³/mol. The largest absolute Gasteiger partial charge is 0.350 e. The van der Waals surface area contributed by atoms with Crippen molar-refractivity contribution < 1.29 is 9.59 Å². The van der Waals surface area contributed by atoms with Gasteiger partial charge in [0.05, 0.1) is 0 Å². The van der Waals surface area contributed by atoms with Crippen LogP contribution in [0.3, 0.4) is 0 Å². The topological polar surface area (TPSA) is 49.4 Å². The Balaban J connectivity index is 1.63. The molecule has 0 saturated heterocycles. The van der Waals surface area contributed by atoms with Gasteiger partial charge in [0, 0.05) is 18.7 Å². The SMILES string of the molecule is Cc1ccccc1CNC(=O)C1c2ccccc2CCN1C(=O)c1ccccc1. The minimum atomic E-state index is -0.628. The number of hydrogen-bond acceptors (Lipinski definition) is 2. The van der Waals surface area contributed by atoms with Crippen molar-refractivity contribution in [3.63, 3.8) is 0 Å². The minimum Gasteiger partial charge on any atom is -0.350 e. The summed E-state index contributed by atoms with van der Waals surface area (Å²) in [5.74, 6) is -0.263. The van der Waals surface area contributed by atoms with Crippen molar-refractivity contribution in [3.8, 4) is 0 Å². The quantitative estimate of drug-likeness (QED) is 0.738. The second-order valence-corrected chi connectivity index (χ2v) is 7.36. The van der Waals surface area contributed by atoms with Crippen molar-refractivity contribution >= 4 is 11.8 Å². The molecule has 4 heteroatoms. The molecule has 0 bridgehead atoms. The molecule has 1 unspecified atom stereocenters. The lowest BCUT2D eigenvalue weighted by Gasteiger charge is -2.36. The van der Waals surface area contributed by atoms with Gasteiger partial charge in [-0.3, -0.25) is 9.59 Å². The Morgan fingerprint density at radius 2 is 1.62 bits per heavy atom. The highest BCUT2D eigenvalue weighted by atomic mass is 16.2. The molecule has 0 spiro atoms. The third kappa shape index (κ3) is 3.92. The van der Waals surface area contributed by atoms with Gasteiger partial charge in [-0.2, -0.15) is 0 Å². The third-order valence-electron chi connectivity index (χ3n) is 5.53. The van der Waals surface area contributed by atoms with E-state index in [1.165, 1.54) is 0 Å². The summed E-state index contributed by atoms with van der Waals surface area (Å²) in [5, 5.41) is 3.05. The first-order valence-corrected chi connectivity index (χ1v) is 9.91. The monoisotopic (exact) mass is 384 g/mol. The molecule has 2 amide bonds. The minimum absolute atomic E-state index is 0.115. The van der Waals surface area contributed by atoms with Gasteiger partial charge in [-0.15, -0.1) is 0 Å². The molecular formula is C25H24N2O2. The zero-order valence-corrected chi connectivity index (χ0v) is 16.5. The molecule has 3 aromatic carbocycles. The molecule has 1 aliphatic rings. The van der Waals surface area contributed by atoms with E-state index in [-0.39, 0.29) is 11.8 Å². The predicted octanol–water partition coefficient (Wildman–Crippen LogP) is 4.05. The molecule has 1 aliphatic heterocycles. The van der Waals surface area contributed by atoms with E-state index in [0.29, 0.717) is 18.7 Å². The molecule has 1 atom stereocenters. The van der Waals surface area contributed by atoms with Crippen molar-refractivity contribution in [3.05, 3.63) is 107 Å². The van der Waals surface area contributed by atoms with Gasteiger partial charge < -0.3 is 10.2 Å². The summed E-state index contributed by atoms with van der Waals surface area (Å²) in [6.07, 6.45) is 0.746. The molecule has 1 N–H and O–H groups in total. The van der Waals surface area contributed by atoms with Crippen LogP contribution < -0.4 is 5.32 Å². The normalized spacial score (nSPS) is 15.5. The lowest BCUT2D eigenvalue weighted by Crippen LogP contribution is -2.47. The number of rotatable bonds is 4. The fourth-order valence-corrected chi connectivity index (χ4v) is 3.90. The van der Waals surface area contributed by atoms with Gasteiger partial charge in [-0.1, -0.05) is 66.7 Å². The van der Waals surface area contributed by atoms with E-state index in [9.17, 15) is 9.59 Å². The zero-order chi connectivity index (χ0) is 20.2. The van der Waals surface area contributed by atoms with Crippen LogP contribution in [0.25, 0.3) is 0 Å². The van der Waals surface area contributed by atoms with Crippen LogP contribution in [-0.4, -0.2) is 23.3 Å². The fourth-order valence-electron chi connectivity index (χ4n) is 3.90. The van der Waals surface area contributed by atoms with E-state index in [1.54, 1.807) is 17.0 Å². The molecule has 0 saturated carbocycles. The number of aryl methyl sites for hydroxylation is 1. The van der Waals surface area contributed by atoms with E-state index in [1.807, 2.05) is 73.7 Å². The highest BCUT2D eigenvalue weighted by molar-refractivity contribution is 5.98. The summed E-state index contributed by atoms with van der Waals surface area (Å²) in [4.78, 5) is 28.2. The lowest BCUT2D eigenvalue weighted by molar-refractivity contribution is -0.126. The second kappa shape index (κ2) is 8.31. The average Bonchev–Trinajstić information content (AvgIpc) is 2.77. The third-order valence-corrected chi connectivity index (χ3v) is 5.53. The smallest absolute Gasteiger partial charge is 0.254 e. The van der Waals surface area contributed by atoms with Gasteiger partial charge in [-0.05, 0) is 47.7 Å². The maximum atomic E-state index is 13.3. The number of benzene rings is 3. The Labute approximate surface area is 171 Å². The number of nitrogens with zero attached hydrogens (tertiary/aromatic N) is 1. The molecule has 0 aliphatic carbocycles. The Hall–Kier alpha value is -3.40. The van der Waals surface area contributed by atoms with Gasteiger partial charge in [0.1, 0.15) is 6.04 Å². The molecule has 0 radical (unpaired) electrons. The van der Waals surface area contributed by atoms with Crippen molar-refractivity contribution in [2.75, 3.05) is 6.54 Å². The van der Waals surface area contributed by atoms with Gasteiger partial charge >= 0.3 is 0 Å². The maximum absolute atomic E-state index is 13.3. The summed E-state index contributed by atoms with van der Waals surface area (Å²) < 4.78 is 0. The molecule has 4 rings (SSSR count). The van der Waals surface area contributed by atoms with E-state index in [4.69, 9.17) is 0 Å². The first kappa shape index (κ1) is 18.9. The standard InChI is InChI=1S/C25H24N2O2/c1-18-9-5-6-13-21(18)17-26-24(28)23-22-14-8-7-10-19(22)15-16-27(23)25(29)20-11-3-2-4-12-20/h2-14,23H,15-17H2,1H3,(H,26,28). The summed E-state index contributed by atoms with van der Waals surface area (Å²) in [7, 11) is 0. The first-order valence-electron chi connectivity index (χ1n) is 9.91. The second-order valence-electron chi connectivity index (χ2n) is 7.36. The molecular weight excluding hydrogens is 360 g/mol. The Morgan fingerprint density at radius 1 is 0.931 bits per heavy atom. The van der Waals surface area contributed by atoms with Crippen molar-refractivity contribution in [2.24, 2.45) is 0 Å². The molecule has 1 heterocycles. The van der Waals surface area contributed by atoms with Crippen LogP contribution in [-0.2, 0) is 17.8 Å². The van der Waals surface area contributed by atoms with Crippen LogP contribution in [0.2, 0.25) is 0 Å². The maximum Gasteiger partial charge on any atom is 0.254 e. The van der Waals surface area contributed by atoms with Crippen molar-refractivity contribution in [1.29, 1.82) is 0 Å². The Morgan fingerprint density at radius 3 is 2.41 bits per heavy atom. The summed E-state index contributed by atoms with van der Waals surface area (Å²) in [5.41, 5.74) is 4.84. The van der Waals surface area contributed by atoms with Crippen LogP contribution in [0, 0.1) is 6.92 Å². The lowest BCUT2D eigenvalue weighted by atomic mass is 9.91. The highest BCUT2D eigenvalue weighted by Crippen LogP contribution is 2.31. The number of fused-ring (bicyclic) bond motifs is 1. The molecule has 0 fully saturated rings. The summed E-state index contributed by atoms with van der Waals surface area (Å²) in [6.45, 7) is 2.99. The van der Waals surface area contributed by atoms with Gasteiger partial charge in [0.25, 0.3) is 5.91 Å². The number of nitrogens with one attached hydrogen (secondary N) is 1. The number of carbonyl (C=O) groups excluding carboxylic acids is 2. The molecule has 146 valence electrons. The molecule has 3 aromatic rings. The average molecular weight is 384 g/mol. The Bertz CT molecular complexity index is 1030. The van der Waals surface area contributed by atoms with E-state index < -0.39 is 6.04 Å². The van der Waals surface area contributed by atoms with Crippen LogP contribution in [0.1, 0.15) is 38.7 Å². The van der Waals surface area contributed by atoms with Crippen LogP contribution in [0.5, 0.6) is 0 Å². The number of amides is 2. The van der Waals surface area contributed by atoms with E-state index in [0.717, 1.165) is 28.7 Å². The van der Waals surface area contributed by atoms with Crippen molar-refractivity contribution in [2.45, 2.75) is 25.9 Å². The molecule has 29 heavy (non-hydrogen) atoms. The number of carbonyl (C=O) groups is 2. The zero-order valence-electron chi connectivity index (χ0n) is 16.5. The molecule has 4 nitrogen and oxygen atoms in total. The first-order chi connectivity index (χ1) is 14.1. The van der Waals surface area contributed by atoms with Crippen molar-refractivity contribution in [1.82, 2.24) is 10.2 Å². The van der Waals surface area contributed by atoms with Crippen LogP contribution in [0.4, 0.5) is 0 Å². The van der Waals surface area contributed by atoms with Gasteiger partial charge in [-0.25, -0.2) is 0 Å². The summed E-state index contributed by atoms with van der Waals surface area (Å²) >= 11 is 0. The number of hydrogen-bond donors (Lipinski definition) is 1. The fraction of sp³-hybridized carbons (Fsp3) is 0.200. The Kier molecular flexibility index (Phi) is 5.43. The molecule has 0 aromatic heterocycles. The van der Waals surface area contributed by atoms with Crippen LogP contribution >= 0.6 is 0 Å². The highest BCUT2D eigenvalue weighted by Gasteiger charge is 2.36. The van der Waals surface area contributed by atoms with E-state index >= 15 is 0 Å². The van der Waals surface area contributed by atoms with Gasteiger partial charge in [0.15, 0.2) is 0 Å². The van der Waals surface area contributed by atoms with Gasteiger partial charge in [0.2, 0.25) is 5.91 Å². The summed E-state index contributed by atoms with van der Waals surface area (Å²) in [6, 6.07) is 24.4. The van der Waals surface area contributed by atoms with E-state index in [2.05, 4.69) is 5.32 Å². The van der Waals surface area contributed by atoms with Crippen LogP contribution in [0.15, 0.2) is 78.9 Å².